The van der Waals surface area contributed by atoms with Crippen molar-refractivity contribution in [2.24, 2.45) is 0 Å². The first kappa shape index (κ1) is 29.4. The Labute approximate surface area is 197 Å². The highest BCUT2D eigenvalue weighted by atomic mass is 35.5. The average molecular weight is 530 g/mol. The van der Waals surface area contributed by atoms with Gasteiger partial charge in [-0.1, -0.05) is 25.7 Å². The van der Waals surface area contributed by atoms with E-state index in [-0.39, 0.29) is 26.3 Å². The van der Waals surface area contributed by atoms with E-state index in [0.717, 1.165) is 0 Å². The Morgan fingerprint density at radius 1 is 0.667 bits per heavy atom. The molecule has 0 radical (unpaired) electrons. The predicted octanol–water partition coefficient (Wildman–Crippen LogP) is -0.250. The third-order valence-corrected chi connectivity index (χ3v) is 6.89. The minimum absolute atomic E-state index is 0.0290. The molecule has 0 aliphatic rings. The van der Waals surface area contributed by atoms with Crippen molar-refractivity contribution >= 4 is 41.9 Å². The second-order valence-electron chi connectivity index (χ2n) is 6.90. The lowest BCUT2D eigenvalue weighted by atomic mass is 10.2. The highest BCUT2D eigenvalue weighted by Crippen LogP contribution is 2.09. The van der Waals surface area contributed by atoms with Crippen LogP contribution in [0.3, 0.4) is 0 Å². The molecule has 188 valence electrons. The fourth-order valence-electron chi connectivity index (χ4n) is 2.50. The number of carbonyl (C=O) groups excluding carboxylic acids is 2. The van der Waals surface area contributed by atoms with E-state index in [9.17, 15) is 26.4 Å². The molecule has 16 heteroatoms. The van der Waals surface area contributed by atoms with Crippen molar-refractivity contribution in [3.05, 3.63) is 16.9 Å². The van der Waals surface area contributed by atoms with Gasteiger partial charge >= 0.3 is 10.2 Å². The van der Waals surface area contributed by atoms with E-state index in [1.807, 2.05) is 0 Å². The highest BCUT2D eigenvalue weighted by molar-refractivity contribution is 8.05. The van der Waals surface area contributed by atoms with Crippen molar-refractivity contribution in [3.63, 3.8) is 0 Å². The second-order valence-corrected chi connectivity index (χ2v) is 10.6. The van der Waals surface area contributed by atoms with Crippen LogP contribution in [0.4, 0.5) is 0 Å². The van der Waals surface area contributed by atoms with Crippen LogP contribution in [-0.4, -0.2) is 78.5 Å². The van der Waals surface area contributed by atoms with E-state index >= 15 is 0 Å². The van der Waals surface area contributed by atoms with Gasteiger partial charge in [-0.25, -0.2) is 31.3 Å². The third-order valence-electron chi connectivity index (χ3n) is 4.22. The van der Waals surface area contributed by atoms with Gasteiger partial charge in [0.25, 0.3) is 20.0 Å². The van der Waals surface area contributed by atoms with Crippen molar-refractivity contribution in [2.75, 3.05) is 26.3 Å². The van der Waals surface area contributed by atoms with E-state index in [1.165, 1.54) is 0 Å². The van der Waals surface area contributed by atoms with Crippen molar-refractivity contribution in [2.45, 2.75) is 51.4 Å². The first-order valence-corrected chi connectivity index (χ1v) is 13.6. The molecule has 4 N–H and O–H groups in total. The van der Waals surface area contributed by atoms with Gasteiger partial charge in [0.05, 0.1) is 0 Å². The van der Waals surface area contributed by atoms with Crippen LogP contribution in [-0.2, 0) is 20.0 Å². The number of aliphatic hydroxyl groups is 2. The highest BCUT2D eigenvalue weighted by Gasteiger charge is 2.31. The lowest BCUT2D eigenvalue weighted by molar-refractivity contribution is 0.105. The smallest absolute Gasteiger partial charge is 0.328 e. The van der Waals surface area contributed by atoms with Gasteiger partial charge in [-0.05, 0) is 37.3 Å². The maximum Gasteiger partial charge on any atom is 0.328 e. The van der Waals surface area contributed by atoms with E-state index in [2.05, 4.69) is 24.4 Å². The number of unbranched alkanes of at least 4 members (excludes halogenated alkanes) is 6. The van der Waals surface area contributed by atoms with Crippen molar-refractivity contribution in [1.29, 1.82) is 0 Å². The molecule has 0 spiro atoms. The summed E-state index contributed by atoms with van der Waals surface area (Å²) in [7, 11) is -9.14. The average Bonchev–Trinajstić information content (AvgIpc) is 2.76. The van der Waals surface area contributed by atoms with Crippen LogP contribution in [0, 0.1) is 0 Å². The largest absolute Gasteiger partial charge is 0.396 e. The summed E-state index contributed by atoms with van der Waals surface area (Å²) in [5.74, 6) is -1.99. The van der Waals surface area contributed by atoms with Crippen LogP contribution in [0.2, 0.25) is 5.28 Å². The first-order valence-electron chi connectivity index (χ1n) is 10.3. The zero-order valence-corrected chi connectivity index (χ0v) is 20.3. The van der Waals surface area contributed by atoms with Gasteiger partial charge in [-0.2, -0.15) is 9.97 Å². The quantitative estimate of drug-likeness (QED) is 0.205. The van der Waals surface area contributed by atoms with E-state index in [0.29, 0.717) is 51.4 Å². The Kier molecular flexibility index (Phi) is 13.0. The molecule has 33 heavy (non-hydrogen) atoms. The number of nitrogens with one attached hydrogen (secondary N) is 2. The van der Waals surface area contributed by atoms with Crippen LogP contribution in [0.1, 0.15) is 72.6 Å². The number of rotatable bonds is 16. The van der Waals surface area contributed by atoms with Crippen LogP contribution in [0.15, 0.2) is 0 Å². The summed E-state index contributed by atoms with van der Waals surface area (Å²) in [5.41, 5.74) is 0. The monoisotopic (exact) mass is 529 g/mol. The Morgan fingerprint density at radius 2 is 1.03 bits per heavy atom. The molecule has 0 amide bonds. The van der Waals surface area contributed by atoms with E-state index in [1.54, 1.807) is 0 Å². The minimum atomic E-state index is -4.57. The molecule has 0 fully saturated rings. The summed E-state index contributed by atoms with van der Waals surface area (Å²) in [6.07, 6.45) is 4.61. The number of hydrogen-bond acceptors (Lipinski definition) is 11. The lowest BCUT2D eigenvalue weighted by Crippen LogP contribution is -2.35. The third kappa shape index (κ3) is 10.5. The molecule has 1 rings (SSSR count). The molecule has 13 nitrogen and oxygen atoms in total. The fraction of sp³-hybridized carbons (Fsp3) is 0.706. The molecule has 1 aromatic heterocycles. The number of nitrogens with zero attached hydrogens (tertiary/aromatic N) is 3. The maximum atomic E-state index is 12.3. The van der Waals surface area contributed by atoms with Gasteiger partial charge in [-0.3, -0.25) is 9.59 Å². The normalized spacial score (nSPS) is 12.1. The molecule has 0 saturated heterocycles. The zero-order valence-electron chi connectivity index (χ0n) is 17.9. The van der Waals surface area contributed by atoms with Crippen molar-refractivity contribution in [3.8, 4) is 0 Å². The van der Waals surface area contributed by atoms with Crippen LogP contribution in [0.25, 0.3) is 0 Å². The molecule has 1 heterocycles. The van der Waals surface area contributed by atoms with Crippen LogP contribution >= 0.6 is 11.6 Å². The summed E-state index contributed by atoms with van der Waals surface area (Å²) < 4.78 is 52.9. The minimum Gasteiger partial charge on any atom is -0.396 e. The molecule has 0 aromatic carbocycles. The van der Waals surface area contributed by atoms with Crippen LogP contribution < -0.4 is 9.44 Å². The molecular formula is C17H28ClN5O8S2. The van der Waals surface area contributed by atoms with Gasteiger partial charge in [0.15, 0.2) is 0 Å². The SMILES string of the molecule is O=C(c1nc(Cl)nc(C(=O)S(=O)(=O)NCCCCCCO)n1)S(=O)(=O)NCCCCCCO. The Bertz CT molecular complexity index is 928. The summed E-state index contributed by atoms with van der Waals surface area (Å²) in [6, 6.07) is 0. The summed E-state index contributed by atoms with van der Waals surface area (Å²) in [5, 5.41) is 13.5. The number of hydrogen-bond donors (Lipinski definition) is 4. The number of aliphatic hydroxyl groups excluding tert-OH is 2. The zero-order chi connectivity index (χ0) is 24.9. The summed E-state index contributed by atoms with van der Waals surface area (Å²) in [4.78, 5) is 34.8. The summed E-state index contributed by atoms with van der Waals surface area (Å²) in [6.45, 7) is -0.0516. The fourth-order valence-corrected chi connectivity index (χ4v) is 4.41. The molecule has 0 unspecified atom stereocenters. The van der Waals surface area contributed by atoms with Crippen molar-refractivity contribution in [1.82, 2.24) is 24.4 Å². The number of carbonyl (C=O) groups is 2. The second kappa shape index (κ2) is 14.6. The molecule has 1 aromatic rings. The Hall–Kier alpha value is -1.62. The van der Waals surface area contributed by atoms with Gasteiger partial charge in [0.1, 0.15) is 0 Å². The molecule has 0 atom stereocenters. The van der Waals surface area contributed by atoms with Gasteiger partial charge < -0.3 is 10.2 Å². The number of halogens is 1. The van der Waals surface area contributed by atoms with E-state index in [4.69, 9.17) is 21.8 Å². The number of sulfonamides is 2. The number of aromatic nitrogens is 3. The van der Waals surface area contributed by atoms with E-state index < -0.39 is 47.2 Å². The van der Waals surface area contributed by atoms with Crippen LogP contribution in [0.5, 0.6) is 0 Å². The lowest BCUT2D eigenvalue weighted by Gasteiger charge is -2.07. The van der Waals surface area contributed by atoms with Crippen molar-refractivity contribution < 1.29 is 36.6 Å². The first-order chi connectivity index (χ1) is 15.5. The molecule has 0 saturated carbocycles. The Morgan fingerprint density at radius 3 is 1.39 bits per heavy atom. The molecule has 0 aliphatic heterocycles. The molecule has 0 aliphatic carbocycles. The predicted molar refractivity (Wildman–Crippen MR) is 118 cm³/mol. The summed E-state index contributed by atoms with van der Waals surface area (Å²) >= 11 is 5.65. The van der Waals surface area contributed by atoms with Gasteiger partial charge in [0.2, 0.25) is 16.9 Å². The molecule has 0 bridgehead atoms. The van der Waals surface area contributed by atoms with Gasteiger partial charge in [-0.15, -0.1) is 0 Å². The molecular weight excluding hydrogens is 502 g/mol. The standard InChI is InChI=1S/C17H28ClN5O8S2/c18-17-22-13(15(26)32(28,29)19-9-5-1-3-7-11-24)21-14(23-17)16(27)33(30,31)20-10-6-2-4-8-12-25/h19-20,24-25H,1-12H2. The van der Waals surface area contributed by atoms with Gasteiger partial charge in [0, 0.05) is 26.3 Å². The Balaban J connectivity index is 2.83. The maximum absolute atomic E-state index is 12.3. The topological polar surface area (TPSA) is 206 Å².